The molecule has 4 aromatic carbocycles. The van der Waals surface area contributed by atoms with Crippen LogP contribution < -0.4 is 24.3 Å². The number of carbonyl (C=O) groups excluding carboxylic acids is 1. The number of halogens is 2. The van der Waals surface area contributed by atoms with E-state index in [1.165, 1.54) is 25.3 Å². The van der Waals surface area contributed by atoms with E-state index in [2.05, 4.69) is 15.2 Å². The molecule has 0 bridgehead atoms. The van der Waals surface area contributed by atoms with Gasteiger partial charge in [0.1, 0.15) is 17.3 Å². The number of nitrogens with zero attached hydrogens (tertiary/aromatic N) is 2. The zero-order chi connectivity index (χ0) is 32.0. The largest absolute Gasteiger partial charge is 0.496 e. The Bertz CT molecular complexity index is 1880. The van der Waals surface area contributed by atoms with Gasteiger partial charge in [-0.15, -0.1) is 0 Å². The van der Waals surface area contributed by atoms with Crippen molar-refractivity contribution in [1.29, 1.82) is 0 Å². The number of fused-ring (bicyclic) bond motifs is 2. The molecule has 1 aliphatic heterocycles. The van der Waals surface area contributed by atoms with Crippen LogP contribution in [0.3, 0.4) is 0 Å². The van der Waals surface area contributed by atoms with Crippen molar-refractivity contribution < 1.29 is 37.3 Å². The van der Waals surface area contributed by atoms with Gasteiger partial charge in [0, 0.05) is 48.4 Å². The molecule has 46 heavy (non-hydrogen) atoms. The van der Waals surface area contributed by atoms with Crippen molar-refractivity contribution >= 4 is 33.3 Å². The molecule has 0 radical (unpaired) electrons. The lowest BCUT2D eigenvalue weighted by Crippen LogP contribution is -2.37. The van der Waals surface area contributed by atoms with Crippen LogP contribution in [0.5, 0.6) is 28.7 Å². The van der Waals surface area contributed by atoms with E-state index in [1.807, 2.05) is 0 Å². The molecule has 238 valence electrons. The first kappa shape index (κ1) is 31.0. The molecule has 0 saturated carbocycles. The number of benzene rings is 4. The first-order chi connectivity index (χ1) is 22.4. The Kier molecular flexibility index (Phi) is 9.41. The molecule has 11 heteroatoms. The zero-order valence-electron chi connectivity index (χ0n) is 25.5. The Hall–Kier alpha value is -5.00. The lowest BCUT2D eigenvalue weighted by molar-refractivity contribution is 0.0357. The number of morpholine rings is 1. The molecule has 1 N–H and O–H groups in total. The van der Waals surface area contributed by atoms with Gasteiger partial charge in [0.2, 0.25) is 0 Å². The number of carbonyl (C=O) groups is 1. The average molecular weight is 630 g/mol. The Morgan fingerprint density at radius 1 is 0.870 bits per heavy atom. The Morgan fingerprint density at radius 3 is 2.48 bits per heavy atom. The summed E-state index contributed by atoms with van der Waals surface area (Å²) >= 11 is 0. The predicted octanol–water partition coefficient (Wildman–Crippen LogP) is 6.83. The van der Waals surface area contributed by atoms with E-state index < -0.39 is 17.5 Å². The van der Waals surface area contributed by atoms with Crippen molar-refractivity contribution in [2.45, 2.75) is 6.42 Å². The zero-order valence-corrected chi connectivity index (χ0v) is 25.5. The summed E-state index contributed by atoms with van der Waals surface area (Å²) < 4.78 is 57.8. The minimum atomic E-state index is -0.570. The molecule has 6 rings (SSSR count). The lowest BCUT2D eigenvalue weighted by atomic mass is 10.1. The summed E-state index contributed by atoms with van der Waals surface area (Å²) in [5.74, 6) is 0.0350. The smallest absolute Gasteiger partial charge is 0.259 e. The van der Waals surface area contributed by atoms with Crippen molar-refractivity contribution in [3.63, 3.8) is 0 Å². The van der Waals surface area contributed by atoms with Gasteiger partial charge < -0.3 is 29.0 Å². The Morgan fingerprint density at radius 2 is 1.67 bits per heavy atom. The van der Waals surface area contributed by atoms with Crippen LogP contribution in [0, 0.1) is 11.6 Å². The molecular formula is C35H33F2N3O6. The fourth-order valence-corrected chi connectivity index (χ4v) is 5.39. The van der Waals surface area contributed by atoms with Gasteiger partial charge in [-0.2, -0.15) is 0 Å². The summed E-state index contributed by atoms with van der Waals surface area (Å²) in [6.07, 6.45) is 2.45. The van der Waals surface area contributed by atoms with Crippen LogP contribution in [0.2, 0.25) is 0 Å². The van der Waals surface area contributed by atoms with E-state index >= 15 is 4.39 Å². The maximum atomic E-state index is 15.7. The van der Waals surface area contributed by atoms with Crippen LogP contribution in [0.25, 0.3) is 21.7 Å². The monoisotopic (exact) mass is 629 g/mol. The highest BCUT2D eigenvalue weighted by atomic mass is 19.1. The number of hydrogen-bond acceptors (Lipinski definition) is 8. The van der Waals surface area contributed by atoms with Crippen LogP contribution in [-0.4, -0.2) is 69.5 Å². The number of methoxy groups -OCH3 is 2. The number of aromatic nitrogens is 1. The van der Waals surface area contributed by atoms with Crippen LogP contribution in [0.1, 0.15) is 16.8 Å². The lowest BCUT2D eigenvalue weighted by Gasteiger charge is -2.26. The van der Waals surface area contributed by atoms with Crippen LogP contribution >= 0.6 is 0 Å². The molecule has 5 aromatic rings. The molecule has 1 saturated heterocycles. The minimum absolute atomic E-state index is 0.0173. The van der Waals surface area contributed by atoms with Gasteiger partial charge in [0.05, 0.1) is 45.1 Å². The molecule has 0 unspecified atom stereocenters. The number of anilines is 1. The minimum Gasteiger partial charge on any atom is -0.496 e. The summed E-state index contributed by atoms with van der Waals surface area (Å²) in [6, 6.07) is 16.9. The molecule has 1 amide bonds. The third-order valence-corrected chi connectivity index (χ3v) is 7.77. The van der Waals surface area contributed by atoms with Crippen molar-refractivity contribution in [2.24, 2.45) is 0 Å². The van der Waals surface area contributed by atoms with Crippen LogP contribution in [0.4, 0.5) is 14.5 Å². The Labute approximate surface area is 264 Å². The van der Waals surface area contributed by atoms with Crippen molar-refractivity contribution in [3.8, 4) is 28.7 Å². The average Bonchev–Trinajstić information content (AvgIpc) is 3.08. The number of pyridine rings is 1. The molecular weight excluding hydrogens is 596 g/mol. The molecule has 0 atom stereocenters. The number of hydrogen-bond donors (Lipinski definition) is 1. The summed E-state index contributed by atoms with van der Waals surface area (Å²) in [7, 11) is 2.96. The van der Waals surface area contributed by atoms with Crippen LogP contribution in [0.15, 0.2) is 72.9 Å². The predicted molar refractivity (Wildman–Crippen MR) is 171 cm³/mol. The second-order valence-corrected chi connectivity index (χ2v) is 10.7. The fourth-order valence-electron chi connectivity index (χ4n) is 5.39. The first-order valence-corrected chi connectivity index (χ1v) is 14.9. The summed E-state index contributed by atoms with van der Waals surface area (Å²) in [4.78, 5) is 19.6. The third kappa shape index (κ3) is 6.80. The second kappa shape index (κ2) is 14.0. The molecule has 1 aromatic heterocycles. The molecule has 0 spiro atoms. The maximum Gasteiger partial charge on any atom is 0.259 e. The van der Waals surface area contributed by atoms with E-state index in [0.29, 0.717) is 51.2 Å². The summed E-state index contributed by atoms with van der Waals surface area (Å²) in [5.41, 5.74) is 1.06. The topological polar surface area (TPSA) is 91.4 Å². The van der Waals surface area contributed by atoms with Gasteiger partial charge in [-0.05, 0) is 66.4 Å². The molecule has 0 aliphatic carbocycles. The highest BCUT2D eigenvalue weighted by Crippen LogP contribution is 2.39. The van der Waals surface area contributed by atoms with Crippen molar-refractivity contribution in [1.82, 2.24) is 9.88 Å². The normalized spacial score (nSPS) is 13.5. The van der Waals surface area contributed by atoms with Crippen LogP contribution in [-0.2, 0) is 4.74 Å². The summed E-state index contributed by atoms with van der Waals surface area (Å²) in [5, 5.41) is 4.17. The van der Waals surface area contributed by atoms with E-state index in [4.69, 9.17) is 23.7 Å². The van der Waals surface area contributed by atoms with Gasteiger partial charge >= 0.3 is 0 Å². The first-order valence-electron chi connectivity index (χ1n) is 14.9. The van der Waals surface area contributed by atoms with Gasteiger partial charge in [-0.1, -0.05) is 6.07 Å². The van der Waals surface area contributed by atoms with Gasteiger partial charge in [0.25, 0.3) is 5.91 Å². The van der Waals surface area contributed by atoms with E-state index in [0.717, 1.165) is 45.3 Å². The quantitative estimate of drug-likeness (QED) is 0.159. The van der Waals surface area contributed by atoms with E-state index in [-0.39, 0.29) is 17.1 Å². The van der Waals surface area contributed by atoms with Gasteiger partial charge in [0.15, 0.2) is 23.1 Å². The number of nitrogens with one attached hydrogen (secondary N) is 1. The number of amides is 1. The van der Waals surface area contributed by atoms with E-state index in [1.54, 1.807) is 55.8 Å². The highest BCUT2D eigenvalue weighted by molar-refractivity contribution is 6.07. The molecule has 1 aliphatic rings. The number of rotatable bonds is 11. The third-order valence-electron chi connectivity index (χ3n) is 7.77. The molecule has 9 nitrogen and oxygen atoms in total. The second-order valence-electron chi connectivity index (χ2n) is 10.7. The molecule has 1 fully saturated rings. The van der Waals surface area contributed by atoms with Crippen molar-refractivity contribution in [2.75, 3.05) is 59.0 Å². The fraction of sp³-hybridized carbons (Fsp3) is 0.257. The van der Waals surface area contributed by atoms with E-state index in [9.17, 15) is 9.18 Å². The molecule has 2 heterocycles. The Balaban J connectivity index is 1.18. The van der Waals surface area contributed by atoms with Crippen molar-refractivity contribution in [3.05, 3.63) is 90.1 Å². The highest BCUT2D eigenvalue weighted by Gasteiger charge is 2.17. The summed E-state index contributed by atoms with van der Waals surface area (Å²) in [6.45, 7) is 4.81. The van der Waals surface area contributed by atoms with Gasteiger partial charge in [-0.25, -0.2) is 8.78 Å². The number of ether oxygens (including phenoxy) is 5. The van der Waals surface area contributed by atoms with Gasteiger partial charge in [-0.3, -0.25) is 14.7 Å². The maximum absolute atomic E-state index is 15.7. The SMILES string of the molecule is COc1cc2c(Oc3ccc4cc(NC(=O)c5cc(F)ccc5OC)ccc4c3F)ccnc2cc1OCCCN1CCOCC1. The standard InChI is InChI=1S/C35H33F2N3O6/c1-42-29-9-5-23(36)19-27(29)35(41)39-24-6-7-25-22(18-24)4-8-31(34(25)37)46-30-10-11-38-28-21-33(32(43-2)20-26(28)30)45-15-3-12-40-13-16-44-17-14-40/h4-11,18-21H,3,12-17H2,1-2H3,(H,39,41).